The number of hydrogen-bond acceptors (Lipinski definition) is 9. The summed E-state index contributed by atoms with van der Waals surface area (Å²) in [4.78, 5) is 34.6. The number of likely N-dealkylation sites (N-methyl/N-ethyl adjacent to an activating group) is 1. The first kappa shape index (κ1) is 29.4. The maximum atomic E-state index is 11.7. The van der Waals surface area contributed by atoms with Crippen molar-refractivity contribution in [3.63, 3.8) is 0 Å². The lowest BCUT2D eigenvalue weighted by molar-refractivity contribution is -0.127. The van der Waals surface area contributed by atoms with Crippen molar-refractivity contribution in [3.8, 4) is 0 Å². The summed E-state index contributed by atoms with van der Waals surface area (Å²) in [5.74, 6) is -0.728. The first-order valence-corrected chi connectivity index (χ1v) is 10.7. The van der Waals surface area contributed by atoms with E-state index >= 15 is 0 Å². The van der Waals surface area contributed by atoms with E-state index in [2.05, 4.69) is 16.0 Å². The van der Waals surface area contributed by atoms with Crippen molar-refractivity contribution in [2.75, 3.05) is 79.6 Å². The Kier molecular flexibility index (Phi) is 20.5. The van der Waals surface area contributed by atoms with Crippen molar-refractivity contribution in [2.24, 2.45) is 0 Å². The molecule has 0 rings (SSSR count). The molecular weight excluding hydrogens is 410 g/mol. The number of carbonyl (C=O) groups is 3. The standard InChI is InChI=1S/C20H39N3O8/c1-3-8-28-10-12-30-16-20(27)23-7-9-29-11-13-31-15-19(26)22-6-4-5-17(21-2)18(25)14-24/h17,21,24H,3-16H2,1-2H3,(H,22,26)(H,23,27)/t17-/m0/s1. The molecule has 31 heavy (non-hydrogen) atoms. The Hall–Kier alpha value is -1.63. The Morgan fingerprint density at radius 1 is 0.806 bits per heavy atom. The van der Waals surface area contributed by atoms with Crippen LogP contribution < -0.4 is 16.0 Å². The van der Waals surface area contributed by atoms with Gasteiger partial charge in [0, 0.05) is 19.7 Å². The van der Waals surface area contributed by atoms with Crippen LogP contribution in [0, 0.1) is 0 Å². The molecule has 0 aromatic rings. The van der Waals surface area contributed by atoms with Crippen LogP contribution in [-0.4, -0.2) is 108 Å². The van der Waals surface area contributed by atoms with E-state index in [1.54, 1.807) is 7.05 Å². The van der Waals surface area contributed by atoms with Gasteiger partial charge >= 0.3 is 0 Å². The summed E-state index contributed by atoms with van der Waals surface area (Å²) in [5, 5.41) is 17.0. The third kappa shape index (κ3) is 18.8. The number of nitrogens with one attached hydrogen (secondary N) is 3. The molecule has 0 saturated carbocycles. The van der Waals surface area contributed by atoms with E-state index in [1.165, 1.54) is 0 Å². The highest BCUT2D eigenvalue weighted by molar-refractivity contribution is 5.84. The molecule has 0 radical (unpaired) electrons. The lowest BCUT2D eigenvalue weighted by Crippen LogP contribution is -2.37. The molecule has 0 aromatic heterocycles. The maximum Gasteiger partial charge on any atom is 0.246 e. The van der Waals surface area contributed by atoms with E-state index in [4.69, 9.17) is 24.1 Å². The molecule has 1 atom stereocenters. The summed E-state index contributed by atoms with van der Waals surface area (Å²) < 4.78 is 20.9. The molecule has 0 spiro atoms. The molecule has 0 aliphatic carbocycles. The molecule has 0 heterocycles. The zero-order chi connectivity index (χ0) is 23.2. The first-order valence-electron chi connectivity index (χ1n) is 10.7. The molecule has 0 aliphatic heterocycles. The van der Waals surface area contributed by atoms with E-state index in [1.807, 2.05) is 6.92 Å². The summed E-state index contributed by atoms with van der Waals surface area (Å²) >= 11 is 0. The first-order chi connectivity index (χ1) is 15.0. The van der Waals surface area contributed by atoms with E-state index in [0.717, 1.165) is 6.42 Å². The molecule has 0 unspecified atom stereocenters. The van der Waals surface area contributed by atoms with Gasteiger partial charge in [-0.2, -0.15) is 0 Å². The van der Waals surface area contributed by atoms with Gasteiger partial charge in [0.05, 0.1) is 39.1 Å². The average Bonchev–Trinajstić information content (AvgIpc) is 2.77. The van der Waals surface area contributed by atoms with Crippen molar-refractivity contribution in [1.82, 2.24) is 16.0 Å². The number of Topliss-reactive ketones (excluding diaryl/α,β-unsaturated/α-hetero) is 1. The summed E-state index contributed by atoms with van der Waals surface area (Å²) in [7, 11) is 1.65. The summed E-state index contributed by atoms with van der Waals surface area (Å²) in [6.45, 7) is 4.67. The second-order valence-electron chi connectivity index (χ2n) is 6.64. The third-order valence-corrected chi connectivity index (χ3v) is 4.01. The van der Waals surface area contributed by atoms with Crippen LogP contribution in [0.5, 0.6) is 0 Å². The largest absolute Gasteiger partial charge is 0.389 e. The van der Waals surface area contributed by atoms with Gasteiger partial charge in [0.2, 0.25) is 11.8 Å². The number of amides is 2. The second-order valence-corrected chi connectivity index (χ2v) is 6.64. The number of carbonyl (C=O) groups excluding carboxylic acids is 3. The highest BCUT2D eigenvalue weighted by atomic mass is 16.5. The van der Waals surface area contributed by atoms with Crippen LogP contribution in [0.3, 0.4) is 0 Å². The van der Waals surface area contributed by atoms with Gasteiger partial charge in [-0.25, -0.2) is 0 Å². The quantitative estimate of drug-likeness (QED) is 0.147. The molecule has 11 nitrogen and oxygen atoms in total. The van der Waals surface area contributed by atoms with E-state index in [9.17, 15) is 14.4 Å². The lowest BCUT2D eigenvalue weighted by Gasteiger charge is -2.13. The number of ether oxygens (including phenoxy) is 4. The minimum Gasteiger partial charge on any atom is -0.389 e. The molecule has 2 amide bonds. The van der Waals surface area contributed by atoms with Crippen LogP contribution in [0.25, 0.3) is 0 Å². The minimum atomic E-state index is -0.496. The minimum absolute atomic E-state index is 0.0128. The van der Waals surface area contributed by atoms with Crippen molar-refractivity contribution in [3.05, 3.63) is 0 Å². The summed E-state index contributed by atoms with van der Waals surface area (Å²) in [6.07, 6.45) is 2.09. The topological polar surface area (TPSA) is 144 Å². The average molecular weight is 450 g/mol. The number of ketones is 1. The SMILES string of the molecule is CCCOCCOCC(=O)NCCOCCOCC(=O)NCCC[C@H](NC)C(=O)CO. The lowest BCUT2D eigenvalue weighted by atomic mass is 10.1. The zero-order valence-corrected chi connectivity index (χ0v) is 18.8. The predicted molar refractivity (Wildman–Crippen MR) is 114 cm³/mol. The maximum absolute atomic E-state index is 11.7. The van der Waals surface area contributed by atoms with Crippen LogP contribution >= 0.6 is 0 Å². The Labute approximate surface area is 184 Å². The number of aliphatic hydroxyl groups excluding tert-OH is 1. The summed E-state index contributed by atoms with van der Waals surface area (Å²) in [6, 6.07) is -0.405. The van der Waals surface area contributed by atoms with Crippen molar-refractivity contribution in [2.45, 2.75) is 32.2 Å². The molecule has 11 heteroatoms. The van der Waals surface area contributed by atoms with Crippen LogP contribution in [0.15, 0.2) is 0 Å². The van der Waals surface area contributed by atoms with Gasteiger partial charge < -0.3 is 40.0 Å². The molecule has 182 valence electrons. The molecule has 4 N–H and O–H groups in total. The molecule has 0 saturated heterocycles. The van der Waals surface area contributed by atoms with Crippen molar-refractivity contribution in [1.29, 1.82) is 0 Å². The van der Waals surface area contributed by atoms with Crippen LogP contribution in [0.1, 0.15) is 26.2 Å². The zero-order valence-electron chi connectivity index (χ0n) is 18.8. The van der Waals surface area contributed by atoms with Crippen LogP contribution in [0.2, 0.25) is 0 Å². The van der Waals surface area contributed by atoms with Gasteiger partial charge in [-0.05, 0) is 26.3 Å². The van der Waals surface area contributed by atoms with Crippen molar-refractivity contribution < 1.29 is 38.4 Å². The Bertz CT molecular complexity index is 479. The van der Waals surface area contributed by atoms with Gasteiger partial charge in [0.1, 0.15) is 19.8 Å². The van der Waals surface area contributed by atoms with Crippen molar-refractivity contribution >= 4 is 17.6 Å². The molecule has 0 aliphatic rings. The van der Waals surface area contributed by atoms with E-state index < -0.39 is 12.6 Å². The fourth-order valence-corrected chi connectivity index (χ4v) is 2.39. The Morgan fingerprint density at radius 3 is 1.90 bits per heavy atom. The second kappa shape index (κ2) is 21.6. The summed E-state index contributed by atoms with van der Waals surface area (Å²) in [5.41, 5.74) is 0. The molecular formula is C20H39N3O8. The van der Waals surface area contributed by atoms with Crippen LogP contribution in [-0.2, 0) is 33.3 Å². The monoisotopic (exact) mass is 449 g/mol. The fourth-order valence-electron chi connectivity index (χ4n) is 2.39. The fraction of sp³-hybridized carbons (Fsp3) is 0.850. The smallest absolute Gasteiger partial charge is 0.246 e. The van der Waals surface area contributed by atoms with Gasteiger partial charge in [-0.15, -0.1) is 0 Å². The van der Waals surface area contributed by atoms with E-state index in [0.29, 0.717) is 59.0 Å². The van der Waals surface area contributed by atoms with Crippen LogP contribution in [0.4, 0.5) is 0 Å². The van der Waals surface area contributed by atoms with E-state index in [-0.39, 0.29) is 37.4 Å². The Balaban J connectivity index is 3.43. The molecule has 0 bridgehead atoms. The predicted octanol–water partition coefficient (Wildman–Crippen LogP) is -1.38. The Morgan fingerprint density at radius 2 is 1.35 bits per heavy atom. The van der Waals surface area contributed by atoms with Gasteiger partial charge in [-0.3, -0.25) is 14.4 Å². The third-order valence-electron chi connectivity index (χ3n) is 4.01. The molecule has 0 aromatic carbocycles. The van der Waals surface area contributed by atoms with Gasteiger partial charge in [0.25, 0.3) is 0 Å². The normalized spacial score (nSPS) is 11.8. The number of aliphatic hydroxyl groups is 1. The highest BCUT2D eigenvalue weighted by Gasteiger charge is 2.14. The highest BCUT2D eigenvalue weighted by Crippen LogP contribution is 1.97. The number of rotatable bonds is 22. The van der Waals surface area contributed by atoms with Gasteiger partial charge in [0.15, 0.2) is 5.78 Å². The number of hydrogen-bond donors (Lipinski definition) is 4. The molecule has 0 fully saturated rings. The van der Waals surface area contributed by atoms with Gasteiger partial charge in [-0.1, -0.05) is 6.92 Å².